The number of carbonyl (C=O) groups is 2. The Kier molecular flexibility index (Phi) is 14.2. The molecule has 0 fully saturated rings. The molecule has 0 radical (unpaired) electrons. The number of hydrogen-bond donors (Lipinski definition) is 0. The molecular formula is C38H31N2O4PPd. The number of carboxylic acid groups (broad SMARTS) is 2. The Hall–Kier alpha value is -4.79. The summed E-state index contributed by atoms with van der Waals surface area (Å²) in [6.45, 7) is 1.94. The number of nitrogens with zero attached hydrogens (tertiary/aromatic N) is 2. The second-order valence-corrected chi connectivity index (χ2v) is 10.9. The van der Waals surface area contributed by atoms with Gasteiger partial charge >= 0.3 is 20.4 Å². The van der Waals surface area contributed by atoms with Gasteiger partial charge in [-0.1, -0.05) is 121 Å². The van der Waals surface area contributed by atoms with Crippen molar-refractivity contribution in [2.24, 2.45) is 0 Å². The summed E-state index contributed by atoms with van der Waals surface area (Å²) < 4.78 is 0. The van der Waals surface area contributed by atoms with Gasteiger partial charge in [-0.3, -0.25) is 9.97 Å². The van der Waals surface area contributed by atoms with Crippen LogP contribution < -0.4 is 21.1 Å². The molecule has 232 valence electrons. The van der Waals surface area contributed by atoms with Gasteiger partial charge in [0.2, 0.25) is 0 Å². The molecule has 6 nitrogen and oxygen atoms in total. The number of rotatable bonds is 6. The van der Waals surface area contributed by atoms with Gasteiger partial charge < -0.3 is 19.8 Å². The van der Waals surface area contributed by atoms with Gasteiger partial charge in [-0.05, 0) is 67.9 Å². The summed E-state index contributed by atoms with van der Waals surface area (Å²) in [6, 6.07) is 46.5. The monoisotopic (exact) mass is 716 g/mol. The molecule has 6 rings (SSSR count). The van der Waals surface area contributed by atoms with Crippen molar-refractivity contribution in [1.29, 1.82) is 0 Å². The molecule has 0 saturated heterocycles. The van der Waals surface area contributed by atoms with E-state index in [-0.39, 0.29) is 29.0 Å². The van der Waals surface area contributed by atoms with Crippen LogP contribution >= 0.6 is 8.58 Å². The van der Waals surface area contributed by atoms with E-state index >= 15 is 0 Å². The molecule has 46 heavy (non-hydrogen) atoms. The van der Waals surface area contributed by atoms with Crippen molar-refractivity contribution in [3.05, 3.63) is 146 Å². The number of hydrogen-bond acceptors (Lipinski definition) is 6. The van der Waals surface area contributed by atoms with Crippen molar-refractivity contribution in [3.63, 3.8) is 0 Å². The molecule has 0 amide bonds. The Labute approximate surface area is 284 Å². The van der Waals surface area contributed by atoms with Crippen molar-refractivity contribution in [2.45, 2.75) is 13.8 Å². The van der Waals surface area contributed by atoms with Crippen LogP contribution in [0.15, 0.2) is 146 Å². The first-order chi connectivity index (χ1) is 21.8. The number of benzene rings is 4. The van der Waals surface area contributed by atoms with Crippen LogP contribution in [0.4, 0.5) is 0 Å². The molecule has 2 aromatic heterocycles. The molecule has 0 spiro atoms. The fraction of sp³-hybridized carbons (Fsp3) is 0.0526. The van der Waals surface area contributed by atoms with E-state index in [1.54, 1.807) is 0 Å². The van der Waals surface area contributed by atoms with Crippen molar-refractivity contribution in [3.8, 4) is 44.5 Å². The average molecular weight is 717 g/mol. The molecule has 0 bridgehead atoms. The SMILES string of the molecule is CC(=O)[O-].CC(=O)[O-].[Pd+2].c1ccc(-c2ccnc(Pc3nccc(-c4ccccc4)c3-c3ccccc3)c2-c2ccccc2)cc1. The Morgan fingerprint density at radius 3 is 1.02 bits per heavy atom. The molecule has 0 N–H and O–H groups in total. The van der Waals surface area contributed by atoms with Gasteiger partial charge in [-0.25, -0.2) is 0 Å². The maximum atomic E-state index is 8.89. The minimum absolute atomic E-state index is 0. The summed E-state index contributed by atoms with van der Waals surface area (Å²) in [5.74, 6) is -2.17. The fourth-order valence-electron chi connectivity index (χ4n) is 4.74. The quantitative estimate of drug-likeness (QED) is 0.172. The maximum absolute atomic E-state index is 8.89. The number of aromatic nitrogens is 2. The van der Waals surface area contributed by atoms with Gasteiger partial charge in [-0.15, -0.1) is 0 Å². The second-order valence-electron chi connectivity index (χ2n) is 9.74. The van der Waals surface area contributed by atoms with E-state index in [0.717, 1.165) is 35.8 Å². The average Bonchev–Trinajstić information content (AvgIpc) is 3.06. The van der Waals surface area contributed by atoms with E-state index < -0.39 is 11.9 Å². The Morgan fingerprint density at radius 2 is 0.739 bits per heavy atom. The zero-order valence-electron chi connectivity index (χ0n) is 25.2. The fourth-order valence-corrected chi connectivity index (χ4v) is 6.05. The first-order valence-electron chi connectivity index (χ1n) is 14.2. The molecular weight excluding hydrogens is 686 g/mol. The largest absolute Gasteiger partial charge is 2.00 e. The summed E-state index contributed by atoms with van der Waals surface area (Å²) in [6.07, 6.45) is 3.86. The van der Waals surface area contributed by atoms with Gasteiger partial charge in [0.1, 0.15) is 0 Å². The van der Waals surface area contributed by atoms with Crippen LogP contribution in [-0.4, -0.2) is 21.9 Å². The minimum Gasteiger partial charge on any atom is -0.550 e. The van der Waals surface area contributed by atoms with Gasteiger partial charge in [0, 0.05) is 35.5 Å². The van der Waals surface area contributed by atoms with Crippen molar-refractivity contribution >= 4 is 31.4 Å². The molecule has 0 aliphatic heterocycles. The van der Waals surface area contributed by atoms with Crippen molar-refractivity contribution in [2.75, 3.05) is 0 Å². The molecule has 0 unspecified atom stereocenters. The van der Waals surface area contributed by atoms with Crippen LogP contribution in [0.5, 0.6) is 0 Å². The van der Waals surface area contributed by atoms with E-state index in [9.17, 15) is 0 Å². The number of carbonyl (C=O) groups excluding carboxylic acids is 2. The summed E-state index contributed by atoms with van der Waals surface area (Å²) in [5.41, 5.74) is 11.5. The van der Waals surface area contributed by atoms with Crippen LogP contribution in [0, 0.1) is 0 Å². The van der Waals surface area contributed by atoms with Crippen LogP contribution in [0.2, 0.25) is 0 Å². The third-order valence-corrected chi connectivity index (χ3v) is 7.67. The summed E-state index contributed by atoms with van der Waals surface area (Å²) in [5, 5.41) is 17.8. The summed E-state index contributed by atoms with van der Waals surface area (Å²) in [4.78, 5) is 27.7. The first-order valence-corrected chi connectivity index (χ1v) is 15.2. The number of pyridine rings is 2. The predicted molar refractivity (Wildman–Crippen MR) is 179 cm³/mol. The van der Waals surface area contributed by atoms with Gasteiger partial charge in [-0.2, -0.15) is 0 Å². The smallest absolute Gasteiger partial charge is 0.550 e. The van der Waals surface area contributed by atoms with Crippen molar-refractivity contribution < 1.29 is 40.2 Å². The first kappa shape index (κ1) is 35.7. The zero-order chi connectivity index (χ0) is 32.0. The van der Waals surface area contributed by atoms with E-state index in [1.165, 1.54) is 33.4 Å². The van der Waals surface area contributed by atoms with Gasteiger partial charge in [0.25, 0.3) is 0 Å². The van der Waals surface area contributed by atoms with Crippen molar-refractivity contribution in [1.82, 2.24) is 9.97 Å². The van der Waals surface area contributed by atoms with E-state index in [2.05, 4.69) is 133 Å². The molecule has 8 heteroatoms. The van der Waals surface area contributed by atoms with Crippen LogP contribution in [0.3, 0.4) is 0 Å². The molecule has 0 atom stereocenters. The van der Waals surface area contributed by atoms with Crippen LogP contribution in [0.1, 0.15) is 13.8 Å². The molecule has 0 saturated carbocycles. The van der Waals surface area contributed by atoms with Crippen LogP contribution in [-0.2, 0) is 30.0 Å². The predicted octanol–water partition coefficient (Wildman–Crippen LogP) is 5.28. The molecule has 0 aliphatic carbocycles. The Bertz CT molecular complexity index is 1700. The Balaban J connectivity index is 0.000000577. The topological polar surface area (TPSA) is 106 Å². The normalized spacial score (nSPS) is 9.78. The third kappa shape index (κ3) is 10.1. The van der Waals surface area contributed by atoms with Gasteiger partial charge in [0.05, 0.1) is 10.9 Å². The van der Waals surface area contributed by atoms with Gasteiger partial charge in [0.15, 0.2) is 0 Å². The van der Waals surface area contributed by atoms with E-state index in [4.69, 9.17) is 29.8 Å². The third-order valence-electron chi connectivity index (χ3n) is 6.43. The minimum atomic E-state index is -1.08. The summed E-state index contributed by atoms with van der Waals surface area (Å²) in [7, 11) is 0.286. The standard InChI is InChI=1S/C34H25N2P.2C2H4O2.Pd/c1-5-13-25(14-6-1)29-21-23-35-33(31(29)27-17-9-3-10-18-27)37-34-32(28-19-11-4-12-20-28)30(22-24-36-34)26-15-7-2-8-16-26;2*1-2(3)4;/h1-24,37H;2*1H3,(H,3,4);/q;;;+2/p-2. The molecule has 6 aromatic rings. The summed E-state index contributed by atoms with van der Waals surface area (Å²) >= 11 is 0. The number of carboxylic acids is 2. The van der Waals surface area contributed by atoms with E-state index in [0.29, 0.717) is 0 Å². The van der Waals surface area contributed by atoms with E-state index in [1.807, 2.05) is 12.4 Å². The molecule has 0 aliphatic rings. The maximum Gasteiger partial charge on any atom is 2.00 e. The zero-order valence-corrected chi connectivity index (χ0v) is 27.8. The van der Waals surface area contributed by atoms with Crippen LogP contribution in [0.25, 0.3) is 44.5 Å². The Morgan fingerprint density at radius 1 is 0.478 bits per heavy atom. The molecule has 2 heterocycles. The number of aliphatic carboxylic acids is 2. The molecule has 4 aromatic carbocycles. The second kappa shape index (κ2) is 18.2.